The highest BCUT2D eigenvalue weighted by molar-refractivity contribution is 5.95. The van der Waals surface area contributed by atoms with E-state index < -0.39 is 5.97 Å². The average molecular weight is 203 g/mol. The van der Waals surface area contributed by atoms with Gasteiger partial charge in [-0.25, -0.2) is 9.48 Å². The molecule has 0 atom stereocenters. The fraction of sp³-hybridized carbons (Fsp3) is 0.100. The molecule has 1 aromatic carbocycles. The third kappa shape index (κ3) is 1.59. The monoisotopic (exact) mass is 203 g/mol. The molecule has 76 valence electrons. The van der Waals surface area contributed by atoms with Crippen molar-refractivity contribution in [2.75, 3.05) is 0 Å². The van der Waals surface area contributed by atoms with Crippen LogP contribution in [-0.4, -0.2) is 26.1 Å². The van der Waals surface area contributed by atoms with Gasteiger partial charge in [0.15, 0.2) is 0 Å². The third-order valence-electron chi connectivity index (χ3n) is 2.15. The summed E-state index contributed by atoms with van der Waals surface area (Å²) in [5, 5.41) is 16.5. The van der Waals surface area contributed by atoms with E-state index in [4.69, 9.17) is 5.11 Å². The summed E-state index contributed by atoms with van der Waals surface area (Å²) in [5.74, 6) is -0.952. The van der Waals surface area contributed by atoms with Crippen LogP contribution >= 0.6 is 0 Å². The Balaban J connectivity index is 2.63. The number of hydrogen-bond acceptors (Lipinski definition) is 3. The van der Waals surface area contributed by atoms with E-state index in [0.717, 1.165) is 0 Å². The van der Waals surface area contributed by atoms with Gasteiger partial charge in [0, 0.05) is 12.6 Å². The van der Waals surface area contributed by atoms with E-state index in [-0.39, 0.29) is 5.56 Å². The molecule has 2 aromatic rings. The molecule has 1 N–H and O–H groups in total. The molecule has 0 aliphatic carbocycles. The SMILES string of the molecule is Cn1nncc1-c1ccccc1C(=O)O. The lowest BCUT2D eigenvalue weighted by Crippen LogP contribution is -2.02. The molecule has 2 rings (SSSR count). The molecule has 0 fully saturated rings. The zero-order valence-electron chi connectivity index (χ0n) is 8.08. The number of aryl methyl sites for hydroxylation is 1. The van der Waals surface area contributed by atoms with E-state index in [0.29, 0.717) is 11.3 Å². The van der Waals surface area contributed by atoms with Gasteiger partial charge in [-0.1, -0.05) is 23.4 Å². The van der Waals surface area contributed by atoms with Gasteiger partial charge < -0.3 is 5.11 Å². The normalized spacial score (nSPS) is 10.2. The second-order valence-electron chi connectivity index (χ2n) is 3.09. The maximum absolute atomic E-state index is 11.0. The molecule has 1 heterocycles. The Labute approximate surface area is 86.0 Å². The van der Waals surface area contributed by atoms with Crippen LogP contribution in [0.25, 0.3) is 11.3 Å². The lowest BCUT2D eigenvalue weighted by atomic mass is 10.1. The Kier molecular flexibility index (Phi) is 2.21. The molecule has 0 amide bonds. The Morgan fingerprint density at radius 3 is 2.73 bits per heavy atom. The van der Waals surface area contributed by atoms with Crippen molar-refractivity contribution in [1.29, 1.82) is 0 Å². The van der Waals surface area contributed by atoms with E-state index in [9.17, 15) is 4.79 Å². The van der Waals surface area contributed by atoms with Crippen LogP contribution in [-0.2, 0) is 7.05 Å². The first-order chi connectivity index (χ1) is 7.20. The minimum absolute atomic E-state index is 0.253. The van der Waals surface area contributed by atoms with E-state index in [1.54, 1.807) is 42.2 Å². The molecule has 5 heteroatoms. The maximum Gasteiger partial charge on any atom is 0.336 e. The molecule has 15 heavy (non-hydrogen) atoms. The highest BCUT2D eigenvalue weighted by atomic mass is 16.4. The smallest absolute Gasteiger partial charge is 0.336 e. The van der Waals surface area contributed by atoms with Crippen LogP contribution in [0.15, 0.2) is 30.5 Å². The first kappa shape index (κ1) is 9.39. The van der Waals surface area contributed by atoms with Crippen molar-refractivity contribution in [3.8, 4) is 11.3 Å². The molecule has 0 aliphatic rings. The van der Waals surface area contributed by atoms with Crippen molar-refractivity contribution in [3.05, 3.63) is 36.0 Å². The lowest BCUT2D eigenvalue weighted by Gasteiger charge is -2.04. The minimum atomic E-state index is -0.952. The number of rotatable bonds is 2. The van der Waals surface area contributed by atoms with Crippen molar-refractivity contribution in [1.82, 2.24) is 15.0 Å². The predicted octanol–water partition coefficient (Wildman–Crippen LogP) is 1.18. The van der Waals surface area contributed by atoms with E-state index in [1.807, 2.05) is 0 Å². The second-order valence-corrected chi connectivity index (χ2v) is 3.09. The summed E-state index contributed by atoms with van der Waals surface area (Å²) < 4.78 is 1.54. The van der Waals surface area contributed by atoms with Crippen LogP contribution < -0.4 is 0 Å². The summed E-state index contributed by atoms with van der Waals surface area (Å²) >= 11 is 0. The van der Waals surface area contributed by atoms with E-state index in [2.05, 4.69) is 10.3 Å². The topological polar surface area (TPSA) is 68.0 Å². The van der Waals surface area contributed by atoms with Crippen molar-refractivity contribution >= 4 is 5.97 Å². The second kappa shape index (κ2) is 3.53. The number of aromatic nitrogens is 3. The number of carbonyl (C=O) groups is 1. The molecule has 1 aromatic heterocycles. The first-order valence-corrected chi connectivity index (χ1v) is 4.37. The first-order valence-electron chi connectivity index (χ1n) is 4.37. The summed E-state index contributed by atoms with van der Waals surface area (Å²) in [4.78, 5) is 11.0. The van der Waals surface area contributed by atoms with Crippen LogP contribution in [0.2, 0.25) is 0 Å². The highest BCUT2D eigenvalue weighted by Gasteiger charge is 2.13. The quantitative estimate of drug-likeness (QED) is 0.795. The standard InChI is InChI=1S/C10H9N3O2/c1-13-9(6-11-12-13)7-4-2-3-5-8(7)10(14)15/h2-6H,1H3,(H,14,15). The number of hydrogen-bond donors (Lipinski definition) is 1. The summed E-state index contributed by atoms with van der Waals surface area (Å²) in [6.07, 6.45) is 1.54. The van der Waals surface area contributed by atoms with E-state index >= 15 is 0 Å². The van der Waals surface area contributed by atoms with Crippen LogP contribution in [0.3, 0.4) is 0 Å². The average Bonchev–Trinajstić information content (AvgIpc) is 2.64. The van der Waals surface area contributed by atoms with Gasteiger partial charge in [0.1, 0.15) is 0 Å². The molecule has 0 bridgehead atoms. The highest BCUT2D eigenvalue weighted by Crippen LogP contribution is 2.21. The van der Waals surface area contributed by atoms with Gasteiger partial charge in [0.2, 0.25) is 0 Å². The van der Waals surface area contributed by atoms with Gasteiger partial charge >= 0.3 is 5.97 Å². The van der Waals surface area contributed by atoms with Crippen LogP contribution in [0.4, 0.5) is 0 Å². The van der Waals surface area contributed by atoms with Gasteiger partial charge in [-0.3, -0.25) is 0 Å². The van der Waals surface area contributed by atoms with Crippen molar-refractivity contribution in [2.24, 2.45) is 7.05 Å². The molecule has 0 spiro atoms. The molecule has 0 radical (unpaired) electrons. The van der Waals surface area contributed by atoms with Gasteiger partial charge in [-0.05, 0) is 6.07 Å². The van der Waals surface area contributed by atoms with Gasteiger partial charge in [0.25, 0.3) is 0 Å². The van der Waals surface area contributed by atoms with E-state index in [1.165, 1.54) is 0 Å². The number of aromatic carboxylic acids is 1. The van der Waals surface area contributed by atoms with Crippen molar-refractivity contribution < 1.29 is 9.90 Å². The molecular formula is C10H9N3O2. The van der Waals surface area contributed by atoms with Crippen LogP contribution in [0.1, 0.15) is 10.4 Å². The molecule has 0 unspecified atom stereocenters. The molecular weight excluding hydrogens is 194 g/mol. The lowest BCUT2D eigenvalue weighted by molar-refractivity contribution is 0.0697. The number of nitrogens with zero attached hydrogens (tertiary/aromatic N) is 3. The molecule has 5 nitrogen and oxygen atoms in total. The summed E-state index contributed by atoms with van der Waals surface area (Å²) in [6.45, 7) is 0. The minimum Gasteiger partial charge on any atom is -0.478 e. The maximum atomic E-state index is 11.0. The van der Waals surface area contributed by atoms with Gasteiger partial charge in [-0.2, -0.15) is 0 Å². The van der Waals surface area contributed by atoms with Gasteiger partial charge in [0.05, 0.1) is 17.5 Å². The fourth-order valence-corrected chi connectivity index (χ4v) is 1.43. The Bertz CT molecular complexity index is 505. The third-order valence-corrected chi connectivity index (χ3v) is 2.15. The molecule has 0 saturated carbocycles. The molecule has 0 aliphatic heterocycles. The van der Waals surface area contributed by atoms with Crippen molar-refractivity contribution in [3.63, 3.8) is 0 Å². The number of benzene rings is 1. The number of carboxylic acids is 1. The summed E-state index contributed by atoms with van der Waals surface area (Å²) in [7, 11) is 1.72. The summed E-state index contributed by atoms with van der Waals surface area (Å²) in [6, 6.07) is 6.78. The zero-order valence-corrected chi connectivity index (χ0v) is 8.08. The summed E-state index contributed by atoms with van der Waals surface area (Å²) in [5.41, 5.74) is 1.56. The van der Waals surface area contributed by atoms with Gasteiger partial charge in [-0.15, -0.1) is 5.10 Å². The van der Waals surface area contributed by atoms with Crippen LogP contribution in [0, 0.1) is 0 Å². The predicted molar refractivity (Wildman–Crippen MR) is 53.4 cm³/mol. The largest absolute Gasteiger partial charge is 0.478 e. The van der Waals surface area contributed by atoms with Crippen LogP contribution in [0.5, 0.6) is 0 Å². The Morgan fingerprint density at radius 1 is 1.40 bits per heavy atom. The Hall–Kier alpha value is -2.17. The van der Waals surface area contributed by atoms with Crippen molar-refractivity contribution in [2.45, 2.75) is 0 Å². The fourth-order valence-electron chi connectivity index (χ4n) is 1.43. The number of carboxylic acid groups (broad SMARTS) is 1. The Morgan fingerprint density at radius 2 is 2.13 bits per heavy atom. The molecule has 0 saturated heterocycles. The zero-order chi connectivity index (χ0) is 10.8.